The van der Waals surface area contributed by atoms with Crippen LogP contribution in [0.1, 0.15) is 40.5 Å². The summed E-state index contributed by atoms with van der Waals surface area (Å²) in [6, 6.07) is 5.98. The molecule has 0 atom stereocenters. The maximum Gasteiger partial charge on any atom is 0.213 e. The molecule has 0 spiro atoms. The lowest BCUT2D eigenvalue weighted by Crippen LogP contribution is -2.30. The van der Waals surface area contributed by atoms with Gasteiger partial charge in [0.2, 0.25) is 5.78 Å². The van der Waals surface area contributed by atoms with Crippen LogP contribution < -0.4 is 11.1 Å². The second kappa shape index (κ2) is 5.69. The van der Waals surface area contributed by atoms with E-state index in [2.05, 4.69) is 14.9 Å². The summed E-state index contributed by atoms with van der Waals surface area (Å²) in [4.78, 5) is 16.9. The predicted octanol–water partition coefficient (Wildman–Crippen LogP) is 1.93. The molecular formula is C16H20N4O. The van der Waals surface area contributed by atoms with Gasteiger partial charge in [-0.1, -0.05) is 0 Å². The molecule has 1 fully saturated rings. The second-order valence-electron chi connectivity index (χ2n) is 5.56. The summed E-state index contributed by atoms with van der Waals surface area (Å²) in [5.41, 5.74) is 8.00. The summed E-state index contributed by atoms with van der Waals surface area (Å²) in [5, 5.41) is 3.35. The van der Waals surface area contributed by atoms with E-state index in [9.17, 15) is 4.79 Å². The monoisotopic (exact) mass is 284 g/mol. The first-order valence-corrected chi connectivity index (χ1v) is 7.31. The van der Waals surface area contributed by atoms with Gasteiger partial charge in [-0.15, -0.1) is 0 Å². The number of rotatable bonds is 3. The number of pyridine rings is 1. The Kier molecular flexibility index (Phi) is 3.75. The molecule has 2 aromatic heterocycles. The number of hydrogen-bond acceptors (Lipinski definition) is 4. The molecular weight excluding hydrogens is 264 g/mol. The molecule has 21 heavy (non-hydrogen) atoms. The summed E-state index contributed by atoms with van der Waals surface area (Å²) in [6.07, 6.45) is 5.74. The molecule has 0 radical (unpaired) electrons. The molecule has 1 aliphatic heterocycles. The minimum Gasteiger partial charge on any atom is -0.383 e. The molecule has 2 aromatic rings. The third kappa shape index (κ3) is 2.69. The maximum absolute atomic E-state index is 12.8. The second-order valence-corrected chi connectivity index (χ2v) is 5.56. The molecule has 3 rings (SSSR count). The van der Waals surface area contributed by atoms with E-state index in [4.69, 9.17) is 5.73 Å². The van der Waals surface area contributed by atoms with E-state index in [-0.39, 0.29) is 5.78 Å². The molecule has 0 saturated carbocycles. The van der Waals surface area contributed by atoms with Gasteiger partial charge in [-0.05, 0) is 56.6 Å². The molecule has 0 aliphatic carbocycles. The van der Waals surface area contributed by atoms with Crippen LogP contribution in [0.4, 0.5) is 5.82 Å². The molecule has 0 bridgehead atoms. The molecule has 1 aliphatic rings. The Hall–Kier alpha value is -2.14. The number of carbonyl (C=O) groups excluding carboxylic acids is 1. The largest absolute Gasteiger partial charge is 0.383 e. The molecule has 0 amide bonds. The van der Waals surface area contributed by atoms with Crippen LogP contribution in [0.25, 0.3) is 0 Å². The average molecular weight is 284 g/mol. The Labute approximate surface area is 124 Å². The van der Waals surface area contributed by atoms with E-state index in [1.807, 2.05) is 31.3 Å². The van der Waals surface area contributed by atoms with Crippen LogP contribution in [0.5, 0.6) is 0 Å². The van der Waals surface area contributed by atoms with E-state index in [1.54, 1.807) is 6.20 Å². The molecule has 110 valence electrons. The normalized spacial score (nSPS) is 16.0. The molecule has 5 heteroatoms. The smallest absolute Gasteiger partial charge is 0.213 e. The number of anilines is 1. The van der Waals surface area contributed by atoms with Crippen LogP contribution in [0.2, 0.25) is 0 Å². The number of aromatic nitrogens is 2. The lowest BCUT2D eigenvalue weighted by molar-refractivity contribution is 0.102. The molecule has 5 nitrogen and oxygen atoms in total. The minimum absolute atomic E-state index is 0.0489. The fourth-order valence-corrected chi connectivity index (χ4v) is 2.89. The Morgan fingerprint density at radius 3 is 2.95 bits per heavy atom. The van der Waals surface area contributed by atoms with Crippen molar-refractivity contribution in [3.05, 3.63) is 47.4 Å². The van der Waals surface area contributed by atoms with Crippen LogP contribution in [-0.2, 0) is 0 Å². The fourth-order valence-electron chi connectivity index (χ4n) is 2.89. The van der Waals surface area contributed by atoms with E-state index in [1.165, 1.54) is 0 Å². The Bertz CT molecular complexity index is 656. The number of hydrogen-bond donors (Lipinski definition) is 2. The van der Waals surface area contributed by atoms with Crippen molar-refractivity contribution in [1.82, 2.24) is 14.9 Å². The van der Waals surface area contributed by atoms with Gasteiger partial charge in [0.05, 0.1) is 11.3 Å². The van der Waals surface area contributed by atoms with Gasteiger partial charge >= 0.3 is 0 Å². The van der Waals surface area contributed by atoms with Crippen LogP contribution in [-0.4, -0.2) is 28.4 Å². The number of nitrogens with zero attached hydrogens (tertiary/aromatic N) is 2. The number of nitrogen functional groups attached to an aromatic ring is 1. The highest BCUT2D eigenvalue weighted by Gasteiger charge is 2.22. The summed E-state index contributed by atoms with van der Waals surface area (Å²) in [7, 11) is 0. The third-order valence-corrected chi connectivity index (χ3v) is 4.01. The predicted molar refractivity (Wildman–Crippen MR) is 82.4 cm³/mol. The first-order valence-electron chi connectivity index (χ1n) is 7.31. The lowest BCUT2D eigenvalue weighted by atomic mass is 10.0. The number of nitrogens with one attached hydrogen (secondary N) is 1. The summed E-state index contributed by atoms with van der Waals surface area (Å²) >= 11 is 0. The van der Waals surface area contributed by atoms with Gasteiger partial charge in [-0.25, -0.2) is 4.98 Å². The summed E-state index contributed by atoms with van der Waals surface area (Å²) in [5.74, 6) is 0.246. The van der Waals surface area contributed by atoms with Gasteiger partial charge < -0.3 is 15.6 Å². The van der Waals surface area contributed by atoms with Crippen molar-refractivity contribution < 1.29 is 4.79 Å². The molecule has 0 unspecified atom stereocenters. The highest BCUT2D eigenvalue weighted by molar-refractivity contribution is 6.10. The fraction of sp³-hybridized carbons (Fsp3) is 0.375. The van der Waals surface area contributed by atoms with Crippen molar-refractivity contribution in [3.63, 3.8) is 0 Å². The quantitative estimate of drug-likeness (QED) is 0.845. The van der Waals surface area contributed by atoms with Crippen molar-refractivity contribution in [1.29, 1.82) is 0 Å². The number of piperidine rings is 1. The highest BCUT2D eigenvalue weighted by Crippen LogP contribution is 2.24. The van der Waals surface area contributed by atoms with Gasteiger partial charge in [0.1, 0.15) is 5.82 Å². The van der Waals surface area contributed by atoms with Gasteiger partial charge in [0.25, 0.3) is 0 Å². The van der Waals surface area contributed by atoms with Crippen molar-refractivity contribution in [2.24, 2.45) is 0 Å². The number of ketones is 1. The molecule has 3 N–H and O–H groups in total. The van der Waals surface area contributed by atoms with Crippen LogP contribution in [0, 0.1) is 6.92 Å². The minimum atomic E-state index is -0.0489. The highest BCUT2D eigenvalue weighted by atomic mass is 16.1. The number of carbonyl (C=O) groups is 1. The Morgan fingerprint density at radius 2 is 2.19 bits per heavy atom. The van der Waals surface area contributed by atoms with Gasteiger partial charge in [-0.2, -0.15) is 0 Å². The van der Waals surface area contributed by atoms with Gasteiger partial charge in [0, 0.05) is 18.4 Å². The first-order chi connectivity index (χ1) is 10.2. The maximum atomic E-state index is 12.8. The van der Waals surface area contributed by atoms with E-state index in [0.717, 1.165) is 31.5 Å². The topological polar surface area (TPSA) is 72.9 Å². The Balaban J connectivity index is 1.95. The van der Waals surface area contributed by atoms with Crippen LogP contribution >= 0.6 is 0 Å². The Morgan fingerprint density at radius 1 is 1.43 bits per heavy atom. The first kappa shape index (κ1) is 13.8. The van der Waals surface area contributed by atoms with Crippen molar-refractivity contribution in [2.75, 3.05) is 18.8 Å². The third-order valence-electron chi connectivity index (χ3n) is 4.01. The SMILES string of the molecule is Cc1cnc(N)c(C(=O)c2cccn2C2CCNCC2)c1. The van der Waals surface area contributed by atoms with Crippen LogP contribution in [0.3, 0.4) is 0 Å². The number of aryl methyl sites for hydroxylation is 1. The van der Waals surface area contributed by atoms with Gasteiger partial charge in [0.15, 0.2) is 0 Å². The van der Waals surface area contributed by atoms with E-state index >= 15 is 0 Å². The lowest BCUT2D eigenvalue weighted by Gasteiger charge is -2.26. The van der Waals surface area contributed by atoms with Gasteiger partial charge in [-0.3, -0.25) is 4.79 Å². The van der Waals surface area contributed by atoms with Crippen molar-refractivity contribution >= 4 is 11.6 Å². The zero-order chi connectivity index (χ0) is 14.8. The van der Waals surface area contributed by atoms with Crippen LogP contribution in [0.15, 0.2) is 30.6 Å². The summed E-state index contributed by atoms with van der Waals surface area (Å²) < 4.78 is 2.09. The summed E-state index contributed by atoms with van der Waals surface area (Å²) in [6.45, 7) is 3.89. The molecule has 3 heterocycles. The number of nitrogens with two attached hydrogens (primary N) is 1. The molecule has 0 aromatic carbocycles. The van der Waals surface area contributed by atoms with E-state index < -0.39 is 0 Å². The van der Waals surface area contributed by atoms with E-state index in [0.29, 0.717) is 23.1 Å². The zero-order valence-corrected chi connectivity index (χ0v) is 12.2. The average Bonchev–Trinajstić information content (AvgIpc) is 2.99. The molecule has 1 saturated heterocycles. The standard InChI is InChI=1S/C16H20N4O/c1-11-9-13(16(17)19-10-11)15(21)14-3-2-8-20(14)12-4-6-18-7-5-12/h2-3,8-10,12,18H,4-7H2,1H3,(H2,17,19). The van der Waals surface area contributed by atoms with Crippen molar-refractivity contribution in [3.8, 4) is 0 Å². The zero-order valence-electron chi connectivity index (χ0n) is 12.2. The van der Waals surface area contributed by atoms with Crippen molar-refractivity contribution in [2.45, 2.75) is 25.8 Å².